The van der Waals surface area contributed by atoms with Gasteiger partial charge in [0.2, 0.25) is 5.91 Å². The SMILES string of the molecule is CC(=O)OC1CCC2(C)C(=CCC3C4=C(CC32)C(C)C2CC4OC3(C)CC(OC(C)=O)C(C2C)N(C(C)=O)C3)C1. The highest BCUT2D eigenvalue weighted by Crippen LogP contribution is 2.64. The molecule has 3 aliphatic heterocycles. The summed E-state index contributed by atoms with van der Waals surface area (Å²) in [7, 11) is 0. The van der Waals surface area contributed by atoms with Crippen LogP contribution in [0.2, 0.25) is 0 Å². The molecule has 0 aromatic heterocycles. The number of fused-ring (bicyclic) bond motifs is 6. The summed E-state index contributed by atoms with van der Waals surface area (Å²) in [5, 5.41) is 0. The van der Waals surface area contributed by atoms with Gasteiger partial charge >= 0.3 is 11.9 Å². The molecule has 11 atom stereocenters. The van der Waals surface area contributed by atoms with Crippen molar-refractivity contribution in [2.24, 2.45) is 35.0 Å². The minimum Gasteiger partial charge on any atom is -0.462 e. The van der Waals surface area contributed by atoms with Crippen LogP contribution in [0.4, 0.5) is 0 Å². The van der Waals surface area contributed by atoms with E-state index in [-0.39, 0.29) is 53.5 Å². The number of hydrogen-bond acceptors (Lipinski definition) is 6. The van der Waals surface area contributed by atoms with Crippen molar-refractivity contribution >= 4 is 17.8 Å². The van der Waals surface area contributed by atoms with Crippen LogP contribution in [0, 0.1) is 35.0 Å². The van der Waals surface area contributed by atoms with Crippen LogP contribution in [-0.4, -0.2) is 59.2 Å². The Hall–Kier alpha value is -2.15. The lowest BCUT2D eigenvalue weighted by atomic mass is 9.56. The maximum absolute atomic E-state index is 13.0. The van der Waals surface area contributed by atoms with E-state index in [4.69, 9.17) is 14.2 Å². The molecule has 7 nitrogen and oxygen atoms in total. The Labute approximate surface area is 239 Å². The van der Waals surface area contributed by atoms with Crippen LogP contribution < -0.4 is 0 Å². The third-order valence-corrected chi connectivity index (χ3v) is 11.9. The van der Waals surface area contributed by atoms with Crippen molar-refractivity contribution in [2.75, 3.05) is 6.54 Å². The Morgan fingerprint density at radius 3 is 2.45 bits per heavy atom. The molecule has 3 heterocycles. The van der Waals surface area contributed by atoms with Gasteiger partial charge in [-0.1, -0.05) is 38.0 Å². The Morgan fingerprint density at radius 2 is 1.77 bits per heavy atom. The summed E-state index contributed by atoms with van der Waals surface area (Å²) < 4.78 is 18.8. The zero-order valence-electron chi connectivity index (χ0n) is 25.3. The first-order valence-electron chi connectivity index (χ1n) is 15.5. The Kier molecular flexibility index (Phi) is 6.79. The van der Waals surface area contributed by atoms with Gasteiger partial charge in [0.05, 0.1) is 24.3 Å². The molecule has 1 saturated carbocycles. The number of carbonyl (C=O) groups excluding carboxylic acids is 3. The van der Waals surface area contributed by atoms with Gasteiger partial charge in [0.25, 0.3) is 0 Å². The summed E-state index contributed by atoms with van der Waals surface area (Å²) in [5.74, 6) is 1.47. The van der Waals surface area contributed by atoms with E-state index >= 15 is 0 Å². The van der Waals surface area contributed by atoms with E-state index < -0.39 is 5.60 Å². The van der Waals surface area contributed by atoms with E-state index in [0.717, 1.165) is 38.5 Å². The summed E-state index contributed by atoms with van der Waals surface area (Å²) in [5.41, 5.74) is 4.14. The van der Waals surface area contributed by atoms with Gasteiger partial charge in [-0.3, -0.25) is 14.4 Å². The van der Waals surface area contributed by atoms with Crippen LogP contribution in [0.5, 0.6) is 0 Å². The summed E-state index contributed by atoms with van der Waals surface area (Å²) in [6, 6.07) is -0.141. The molecule has 0 aromatic carbocycles. The molecular formula is C33H47NO6. The molecule has 4 aliphatic carbocycles. The van der Waals surface area contributed by atoms with E-state index in [1.165, 1.54) is 25.0 Å². The molecule has 1 amide bonds. The van der Waals surface area contributed by atoms with E-state index in [0.29, 0.717) is 36.6 Å². The van der Waals surface area contributed by atoms with E-state index in [1.807, 2.05) is 4.90 Å². The Morgan fingerprint density at radius 1 is 1.05 bits per heavy atom. The van der Waals surface area contributed by atoms with Gasteiger partial charge in [0.1, 0.15) is 12.2 Å². The number of hydrogen-bond donors (Lipinski definition) is 0. The number of esters is 2. The maximum Gasteiger partial charge on any atom is 0.302 e. The second kappa shape index (κ2) is 9.71. The molecule has 220 valence electrons. The molecule has 3 saturated heterocycles. The van der Waals surface area contributed by atoms with Gasteiger partial charge in [-0.15, -0.1) is 0 Å². The highest BCUT2D eigenvalue weighted by molar-refractivity contribution is 5.74. The minimum absolute atomic E-state index is 0.000319. The first kappa shape index (κ1) is 28.0. The fourth-order valence-electron chi connectivity index (χ4n) is 10.2. The molecule has 7 rings (SSSR count). The highest BCUT2D eigenvalue weighted by Gasteiger charge is 2.59. The van der Waals surface area contributed by atoms with Crippen LogP contribution in [-0.2, 0) is 28.6 Å². The fourth-order valence-corrected chi connectivity index (χ4v) is 10.2. The minimum atomic E-state index is -0.583. The number of piperidine rings is 1. The molecule has 7 heteroatoms. The molecule has 11 unspecified atom stereocenters. The zero-order valence-corrected chi connectivity index (χ0v) is 25.3. The van der Waals surface area contributed by atoms with Crippen molar-refractivity contribution in [3.63, 3.8) is 0 Å². The zero-order chi connectivity index (χ0) is 28.7. The lowest BCUT2D eigenvalue weighted by molar-refractivity contribution is -0.182. The molecule has 0 aromatic rings. The summed E-state index contributed by atoms with van der Waals surface area (Å²) >= 11 is 0. The van der Waals surface area contributed by atoms with Crippen molar-refractivity contribution in [1.82, 2.24) is 4.90 Å². The highest BCUT2D eigenvalue weighted by atomic mass is 16.6. The molecular weight excluding hydrogens is 506 g/mol. The molecule has 4 bridgehead atoms. The van der Waals surface area contributed by atoms with Crippen LogP contribution in [0.3, 0.4) is 0 Å². The van der Waals surface area contributed by atoms with Crippen molar-refractivity contribution in [3.8, 4) is 0 Å². The van der Waals surface area contributed by atoms with E-state index in [9.17, 15) is 14.4 Å². The van der Waals surface area contributed by atoms with Crippen molar-refractivity contribution in [3.05, 3.63) is 22.8 Å². The van der Waals surface area contributed by atoms with Crippen molar-refractivity contribution < 1.29 is 28.6 Å². The predicted octanol–water partition coefficient (Wildman–Crippen LogP) is 5.37. The summed E-state index contributed by atoms with van der Waals surface area (Å²) in [4.78, 5) is 38.8. The van der Waals surface area contributed by atoms with Crippen molar-refractivity contribution in [2.45, 2.75) is 123 Å². The van der Waals surface area contributed by atoms with Gasteiger partial charge in [0, 0.05) is 33.6 Å². The lowest BCUT2D eigenvalue weighted by Gasteiger charge is -2.51. The Bertz CT molecular complexity index is 1170. The number of nitrogens with zero attached hydrogens (tertiary/aromatic N) is 1. The molecule has 4 fully saturated rings. The quantitative estimate of drug-likeness (QED) is 0.338. The molecule has 0 spiro atoms. The summed E-state index contributed by atoms with van der Waals surface area (Å²) in [6.45, 7) is 14.4. The second-order valence-corrected chi connectivity index (χ2v) is 14.3. The molecule has 7 aliphatic rings. The summed E-state index contributed by atoms with van der Waals surface area (Å²) in [6.07, 6.45) is 8.64. The standard InChI is InChI=1S/C33H47NO6/c1-17-25-14-28(40-32(6)15-29(39-21(5)37)31(18(25)2)34(16-32)19(3)35)30-24-9-8-22-12-23(38-20(4)36)10-11-33(22,7)27(24)13-26(17)30/h8,17-18,23-25,27-29,31H,9-16H2,1-7H3. The molecule has 0 radical (unpaired) electrons. The van der Waals surface area contributed by atoms with E-state index in [1.54, 1.807) is 12.5 Å². The monoisotopic (exact) mass is 553 g/mol. The predicted molar refractivity (Wildman–Crippen MR) is 150 cm³/mol. The largest absolute Gasteiger partial charge is 0.462 e. The average Bonchev–Trinajstić information content (AvgIpc) is 3.28. The molecule has 40 heavy (non-hydrogen) atoms. The topological polar surface area (TPSA) is 82.1 Å². The number of allylic oxidation sites excluding steroid dienone is 2. The number of rotatable bonds is 2. The van der Waals surface area contributed by atoms with Gasteiger partial charge in [-0.2, -0.15) is 0 Å². The first-order valence-corrected chi connectivity index (χ1v) is 15.5. The normalized spacial score (nSPS) is 45.7. The van der Waals surface area contributed by atoms with Gasteiger partial charge in [-0.05, 0) is 79.6 Å². The smallest absolute Gasteiger partial charge is 0.302 e. The number of carbonyl (C=O) groups is 3. The maximum atomic E-state index is 13.0. The van der Waals surface area contributed by atoms with Crippen LogP contribution >= 0.6 is 0 Å². The third-order valence-electron chi connectivity index (χ3n) is 11.9. The van der Waals surface area contributed by atoms with Crippen molar-refractivity contribution in [1.29, 1.82) is 0 Å². The average molecular weight is 554 g/mol. The van der Waals surface area contributed by atoms with E-state index in [2.05, 4.69) is 33.8 Å². The van der Waals surface area contributed by atoms with Crippen LogP contribution in [0.15, 0.2) is 22.8 Å². The van der Waals surface area contributed by atoms with Gasteiger partial charge in [0.15, 0.2) is 0 Å². The third kappa shape index (κ3) is 4.37. The van der Waals surface area contributed by atoms with Gasteiger partial charge < -0.3 is 19.1 Å². The lowest BCUT2D eigenvalue weighted by Crippen LogP contribution is -2.63. The second-order valence-electron chi connectivity index (χ2n) is 14.3. The van der Waals surface area contributed by atoms with Crippen LogP contribution in [0.1, 0.15) is 93.4 Å². The fraction of sp³-hybridized carbons (Fsp3) is 0.788. The van der Waals surface area contributed by atoms with Crippen LogP contribution in [0.25, 0.3) is 0 Å². The number of ether oxygens (including phenoxy) is 3. The first-order chi connectivity index (χ1) is 18.8. The molecule has 0 N–H and O–H groups in total. The number of amides is 1. The Balaban J connectivity index is 1.35. The van der Waals surface area contributed by atoms with Gasteiger partial charge in [-0.25, -0.2) is 0 Å².